The molecule has 0 aliphatic carbocycles. The van der Waals surface area contributed by atoms with E-state index in [4.69, 9.17) is 10.2 Å². The average molecular weight is 374 g/mol. The standard InChI is InChI=1S/C19H14N6O3/c20-18-22-17(24-14-4-2-1-3-13(14)21-19(24)23-18)16-10-9-15(28-16)11-5-7-12(8-6-11)25(26)27/h1-10,17H,(H3,20,21,22,23)/t17-/m0/s1. The van der Waals surface area contributed by atoms with Gasteiger partial charge in [-0.15, -0.1) is 0 Å². The van der Waals surface area contributed by atoms with Crippen LogP contribution in [-0.2, 0) is 0 Å². The fourth-order valence-electron chi connectivity index (χ4n) is 3.30. The monoisotopic (exact) mass is 374 g/mol. The molecular weight excluding hydrogens is 360 g/mol. The van der Waals surface area contributed by atoms with Gasteiger partial charge in [0.2, 0.25) is 5.95 Å². The number of nitrogens with zero attached hydrogens (tertiary/aromatic N) is 4. The molecule has 9 heteroatoms. The fourth-order valence-corrected chi connectivity index (χ4v) is 3.30. The Morgan fingerprint density at radius 1 is 1.11 bits per heavy atom. The molecule has 0 fully saturated rings. The average Bonchev–Trinajstić information content (AvgIpc) is 3.32. The van der Waals surface area contributed by atoms with Crippen molar-refractivity contribution < 1.29 is 9.34 Å². The van der Waals surface area contributed by atoms with Gasteiger partial charge in [-0.1, -0.05) is 12.1 Å². The van der Waals surface area contributed by atoms with Crippen LogP contribution >= 0.6 is 0 Å². The number of hydrogen-bond acceptors (Lipinski definition) is 7. The summed E-state index contributed by atoms with van der Waals surface area (Å²) >= 11 is 0. The molecule has 2 aromatic heterocycles. The lowest BCUT2D eigenvalue weighted by molar-refractivity contribution is -0.384. The van der Waals surface area contributed by atoms with Gasteiger partial charge in [0.15, 0.2) is 12.1 Å². The molecule has 0 spiro atoms. The minimum Gasteiger partial charge on any atom is -0.457 e. The number of guanidine groups is 1. The van der Waals surface area contributed by atoms with Crippen molar-refractivity contribution in [2.45, 2.75) is 6.17 Å². The quantitative estimate of drug-likeness (QED) is 0.418. The fraction of sp³-hybridized carbons (Fsp3) is 0.0526. The molecule has 138 valence electrons. The molecule has 2 aromatic carbocycles. The van der Waals surface area contributed by atoms with E-state index in [9.17, 15) is 10.1 Å². The van der Waals surface area contributed by atoms with Crippen LogP contribution in [0, 0.1) is 10.1 Å². The van der Waals surface area contributed by atoms with Gasteiger partial charge in [-0.3, -0.25) is 20.0 Å². The van der Waals surface area contributed by atoms with Crippen molar-refractivity contribution in [2.75, 3.05) is 5.32 Å². The SMILES string of the molecule is NC1=N[C@H](c2ccc(-c3ccc([N+](=O)[O-])cc3)o2)n2c(nc3ccccc32)N1. The lowest BCUT2D eigenvalue weighted by Crippen LogP contribution is -2.31. The molecule has 4 aromatic rings. The number of nitrogens with one attached hydrogen (secondary N) is 1. The molecule has 0 amide bonds. The highest BCUT2D eigenvalue weighted by Gasteiger charge is 2.27. The maximum atomic E-state index is 10.8. The Morgan fingerprint density at radius 2 is 1.89 bits per heavy atom. The summed E-state index contributed by atoms with van der Waals surface area (Å²) in [5.41, 5.74) is 8.43. The van der Waals surface area contributed by atoms with Gasteiger partial charge < -0.3 is 10.2 Å². The molecule has 0 saturated carbocycles. The zero-order chi connectivity index (χ0) is 19.3. The highest BCUT2D eigenvalue weighted by Crippen LogP contribution is 2.35. The minimum atomic E-state index is -0.504. The van der Waals surface area contributed by atoms with E-state index in [-0.39, 0.29) is 11.6 Å². The van der Waals surface area contributed by atoms with Crippen molar-refractivity contribution in [3.05, 3.63) is 76.5 Å². The first-order valence-corrected chi connectivity index (χ1v) is 8.52. The minimum absolute atomic E-state index is 0.0285. The number of rotatable bonds is 3. The number of anilines is 1. The van der Waals surface area contributed by atoms with Crippen LogP contribution < -0.4 is 11.1 Å². The molecule has 0 saturated heterocycles. The van der Waals surface area contributed by atoms with Crippen LogP contribution in [0.1, 0.15) is 11.9 Å². The summed E-state index contributed by atoms with van der Waals surface area (Å²) in [6.45, 7) is 0. The van der Waals surface area contributed by atoms with E-state index in [1.54, 1.807) is 12.1 Å². The Morgan fingerprint density at radius 3 is 2.68 bits per heavy atom. The number of hydrogen-bond donors (Lipinski definition) is 2. The summed E-state index contributed by atoms with van der Waals surface area (Å²) in [7, 11) is 0. The second-order valence-corrected chi connectivity index (χ2v) is 6.31. The van der Waals surface area contributed by atoms with Gasteiger partial charge in [-0.2, -0.15) is 0 Å². The number of non-ortho nitro benzene ring substituents is 1. The van der Waals surface area contributed by atoms with E-state index in [0.717, 1.165) is 16.6 Å². The lowest BCUT2D eigenvalue weighted by Gasteiger charge is -2.21. The van der Waals surface area contributed by atoms with Gasteiger partial charge in [-0.05, 0) is 36.4 Å². The van der Waals surface area contributed by atoms with Gasteiger partial charge in [0.05, 0.1) is 16.0 Å². The number of furan rings is 1. The molecule has 1 atom stereocenters. The third kappa shape index (κ3) is 2.49. The van der Waals surface area contributed by atoms with Crippen LogP contribution in [0.4, 0.5) is 11.6 Å². The van der Waals surface area contributed by atoms with Crippen LogP contribution in [-0.4, -0.2) is 20.4 Å². The van der Waals surface area contributed by atoms with Crippen molar-refractivity contribution in [2.24, 2.45) is 10.7 Å². The molecule has 1 aliphatic heterocycles. The summed E-state index contributed by atoms with van der Waals surface area (Å²) < 4.78 is 7.94. The van der Waals surface area contributed by atoms with Gasteiger partial charge in [0.1, 0.15) is 11.5 Å². The first-order chi connectivity index (χ1) is 13.6. The van der Waals surface area contributed by atoms with Crippen molar-refractivity contribution in [3.8, 4) is 11.3 Å². The molecule has 28 heavy (non-hydrogen) atoms. The number of benzene rings is 2. The summed E-state index contributed by atoms with van der Waals surface area (Å²) in [4.78, 5) is 19.4. The number of nitro groups is 1. The Hall–Kier alpha value is -4.14. The first-order valence-electron chi connectivity index (χ1n) is 8.52. The summed E-state index contributed by atoms with van der Waals surface area (Å²) in [5, 5.41) is 13.8. The topological polar surface area (TPSA) is 125 Å². The van der Waals surface area contributed by atoms with Crippen molar-refractivity contribution >= 4 is 28.6 Å². The van der Waals surface area contributed by atoms with E-state index >= 15 is 0 Å². The number of para-hydroxylation sites is 2. The zero-order valence-electron chi connectivity index (χ0n) is 14.4. The second-order valence-electron chi connectivity index (χ2n) is 6.31. The van der Waals surface area contributed by atoms with Gasteiger partial charge >= 0.3 is 0 Å². The highest BCUT2D eigenvalue weighted by atomic mass is 16.6. The Labute approximate surface area is 158 Å². The maximum Gasteiger partial charge on any atom is 0.269 e. The zero-order valence-corrected chi connectivity index (χ0v) is 14.4. The predicted octanol–water partition coefficient (Wildman–Crippen LogP) is 3.49. The van der Waals surface area contributed by atoms with Crippen LogP contribution in [0.5, 0.6) is 0 Å². The number of imidazole rings is 1. The molecular formula is C19H14N6O3. The number of aromatic nitrogens is 2. The number of nitrogens with two attached hydrogens (primary N) is 1. The summed E-state index contributed by atoms with van der Waals surface area (Å²) in [6, 6.07) is 17.5. The van der Waals surface area contributed by atoms with Crippen molar-refractivity contribution in [1.29, 1.82) is 0 Å². The van der Waals surface area contributed by atoms with Crippen molar-refractivity contribution in [3.63, 3.8) is 0 Å². The Kier molecular flexibility index (Phi) is 3.41. The molecule has 9 nitrogen and oxygen atoms in total. The van der Waals surface area contributed by atoms with Crippen LogP contribution in [0.15, 0.2) is 70.1 Å². The van der Waals surface area contributed by atoms with Gasteiger partial charge in [0.25, 0.3) is 5.69 Å². The highest BCUT2D eigenvalue weighted by molar-refractivity contribution is 5.94. The van der Waals surface area contributed by atoms with Crippen LogP contribution in [0.25, 0.3) is 22.4 Å². The third-order valence-corrected chi connectivity index (χ3v) is 4.59. The maximum absolute atomic E-state index is 10.8. The number of nitro benzene ring substituents is 1. The molecule has 0 unspecified atom stereocenters. The van der Waals surface area contributed by atoms with Gasteiger partial charge in [0, 0.05) is 17.7 Å². The third-order valence-electron chi connectivity index (χ3n) is 4.59. The lowest BCUT2D eigenvalue weighted by atomic mass is 10.1. The smallest absolute Gasteiger partial charge is 0.269 e. The second kappa shape index (κ2) is 5.95. The van der Waals surface area contributed by atoms with Gasteiger partial charge in [-0.25, -0.2) is 9.98 Å². The summed E-state index contributed by atoms with van der Waals surface area (Å²) in [6.07, 6.45) is -0.504. The molecule has 3 heterocycles. The Balaban J connectivity index is 1.57. The number of aliphatic imine (C=N–C) groups is 1. The van der Waals surface area contributed by atoms with Crippen LogP contribution in [0.3, 0.4) is 0 Å². The van der Waals surface area contributed by atoms with Crippen molar-refractivity contribution in [1.82, 2.24) is 9.55 Å². The largest absolute Gasteiger partial charge is 0.457 e. The molecule has 3 N–H and O–H groups in total. The number of fused-ring (bicyclic) bond motifs is 3. The normalized spacial score (nSPS) is 15.7. The molecule has 0 bridgehead atoms. The molecule has 5 rings (SSSR count). The Bertz CT molecular complexity index is 1240. The van der Waals surface area contributed by atoms with E-state index in [0.29, 0.717) is 17.5 Å². The van der Waals surface area contributed by atoms with E-state index < -0.39 is 11.1 Å². The molecule has 1 aliphatic rings. The first kappa shape index (κ1) is 16.1. The molecule has 0 radical (unpaired) electrons. The van der Waals surface area contributed by atoms with E-state index in [1.165, 1.54) is 12.1 Å². The summed E-state index contributed by atoms with van der Waals surface area (Å²) in [5.74, 6) is 2.01. The van der Waals surface area contributed by atoms with E-state index in [1.807, 2.05) is 41.0 Å². The van der Waals surface area contributed by atoms with Crippen LogP contribution in [0.2, 0.25) is 0 Å². The van der Waals surface area contributed by atoms with E-state index in [2.05, 4.69) is 15.3 Å². The predicted molar refractivity (Wildman–Crippen MR) is 104 cm³/mol.